The van der Waals surface area contributed by atoms with E-state index < -0.39 is 11.6 Å². The number of ether oxygens (including phenoxy) is 1. The first-order chi connectivity index (χ1) is 10.5. The number of hydrogen-bond acceptors (Lipinski definition) is 5. The highest BCUT2D eigenvalue weighted by Gasteiger charge is 2.10. The van der Waals surface area contributed by atoms with Gasteiger partial charge in [-0.15, -0.1) is 0 Å². The second-order valence-corrected chi connectivity index (χ2v) is 4.65. The van der Waals surface area contributed by atoms with Crippen LogP contribution in [-0.4, -0.2) is 9.97 Å². The molecule has 0 fully saturated rings. The molecule has 0 saturated heterocycles. The number of nitrogens with two attached hydrogens (primary N) is 2. The third-order valence-corrected chi connectivity index (χ3v) is 3.11. The monoisotopic (exact) mass is 302 g/mol. The van der Waals surface area contributed by atoms with Crippen molar-refractivity contribution >= 4 is 22.7 Å². The Hall–Kier alpha value is -2.96. The molecular formula is C15H12F2N4O. The van der Waals surface area contributed by atoms with Crippen molar-refractivity contribution in [1.82, 2.24) is 9.97 Å². The maximum absolute atomic E-state index is 13.2. The number of rotatable bonds is 3. The summed E-state index contributed by atoms with van der Waals surface area (Å²) in [5.74, 6) is -1.11. The lowest BCUT2D eigenvalue weighted by molar-refractivity contribution is 0.309. The molecule has 7 heteroatoms. The van der Waals surface area contributed by atoms with Gasteiger partial charge in [-0.05, 0) is 29.8 Å². The minimum atomic E-state index is -0.922. The van der Waals surface area contributed by atoms with Crippen molar-refractivity contribution in [2.24, 2.45) is 0 Å². The normalized spacial score (nSPS) is 10.8. The highest BCUT2D eigenvalue weighted by atomic mass is 19.2. The lowest BCUT2D eigenvalue weighted by Gasteiger charge is -2.11. The summed E-state index contributed by atoms with van der Waals surface area (Å²) in [5, 5.41) is 0.527. The van der Waals surface area contributed by atoms with Crippen LogP contribution in [-0.2, 0) is 6.61 Å². The van der Waals surface area contributed by atoms with Crippen LogP contribution in [0.2, 0.25) is 0 Å². The minimum Gasteiger partial charge on any atom is -0.488 e. The van der Waals surface area contributed by atoms with Crippen molar-refractivity contribution in [3.63, 3.8) is 0 Å². The molecule has 22 heavy (non-hydrogen) atoms. The van der Waals surface area contributed by atoms with E-state index in [2.05, 4.69) is 9.97 Å². The van der Waals surface area contributed by atoms with Crippen LogP contribution in [0.1, 0.15) is 5.56 Å². The lowest BCUT2D eigenvalue weighted by Crippen LogP contribution is -2.03. The Balaban J connectivity index is 1.92. The zero-order valence-corrected chi connectivity index (χ0v) is 11.4. The van der Waals surface area contributed by atoms with Gasteiger partial charge in [0.15, 0.2) is 11.6 Å². The van der Waals surface area contributed by atoms with Crippen molar-refractivity contribution in [2.75, 3.05) is 11.5 Å². The number of anilines is 2. The molecule has 0 aliphatic rings. The van der Waals surface area contributed by atoms with Gasteiger partial charge in [-0.1, -0.05) is 12.1 Å². The highest BCUT2D eigenvalue weighted by Crippen LogP contribution is 2.29. The Morgan fingerprint density at radius 3 is 2.59 bits per heavy atom. The van der Waals surface area contributed by atoms with Crippen LogP contribution in [0.3, 0.4) is 0 Å². The van der Waals surface area contributed by atoms with Crippen LogP contribution >= 0.6 is 0 Å². The van der Waals surface area contributed by atoms with Crippen molar-refractivity contribution < 1.29 is 13.5 Å². The molecule has 1 heterocycles. The van der Waals surface area contributed by atoms with E-state index in [0.29, 0.717) is 22.2 Å². The second-order valence-electron chi connectivity index (χ2n) is 4.65. The van der Waals surface area contributed by atoms with Gasteiger partial charge < -0.3 is 16.2 Å². The molecular weight excluding hydrogens is 290 g/mol. The lowest BCUT2D eigenvalue weighted by atomic mass is 10.2. The molecule has 0 amide bonds. The number of benzene rings is 2. The van der Waals surface area contributed by atoms with Crippen LogP contribution in [0.4, 0.5) is 20.5 Å². The van der Waals surface area contributed by atoms with E-state index in [1.54, 1.807) is 18.2 Å². The fourth-order valence-corrected chi connectivity index (χ4v) is 2.11. The second kappa shape index (κ2) is 5.44. The number of nitrogen functional groups attached to an aromatic ring is 2. The largest absolute Gasteiger partial charge is 0.488 e. The number of halogens is 2. The van der Waals surface area contributed by atoms with Gasteiger partial charge in [0.25, 0.3) is 0 Å². The zero-order chi connectivity index (χ0) is 15.7. The van der Waals surface area contributed by atoms with Crippen LogP contribution in [0.15, 0.2) is 36.4 Å². The molecule has 0 bridgehead atoms. The van der Waals surface area contributed by atoms with Gasteiger partial charge in [-0.2, -0.15) is 4.98 Å². The fraction of sp³-hybridized carbons (Fsp3) is 0.0667. The van der Waals surface area contributed by atoms with Crippen molar-refractivity contribution in [3.05, 3.63) is 53.6 Å². The predicted octanol–water partition coefficient (Wildman–Crippen LogP) is 2.65. The Kier molecular flexibility index (Phi) is 3.46. The van der Waals surface area contributed by atoms with E-state index in [4.69, 9.17) is 16.2 Å². The number of fused-ring (bicyclic) bond motifs is 1. The third-order valence-electron chi connectivity index (χ3n) is 3.11. The van der Waals surface area contributed by atoms with E-state index in [-0.39, 0.29) is 18.4 Å². The SMILES string of the molecule is Nc1nc(N)c2c(OCc3ccc(F)c(F)c3)cccc2n1. The van der Waals surface area contributed by atoms with Crippen LogP contribution in [0.5, 0.6) is 5.75 Å². The van der Waals surface area contributed by atoms with Gasteiger partial charge in [0.2, 0.25) is 5.95 Å². The summed E-state index contributed by atoms with van der Waals surface area (Å²) in [6.07, 6.45) is 0. The van der Waals surface area contributed by atoms with Crippen LogP contribution in [0, 0.1) is 11.6 Å². The third kappa shape index (κ3) is 2.60. The van der Waals surface area contributed by atoms with Gasteiger partial charge in [0.05, 0.1) is 10.9 Å². The molecule has 0 aliphatic carbocycles. The Morgan fingerprint density at radius 1 is 1.00 bits per heavy atom. The molecule has 0 atom stereocenters. The molecule has 0 spiro atoms. The maximum Gasteiger partial charge on any atom is 0.222 e. The topological polar surface area (TPSA) is 87.0 Å². The summed E-state index contributed by atoms with van der Waals surface area (Å²) in [5.41, 5.74) is 12.4. The number of nitrogens with zero attached hydrogens (tertiary/aromatic N) is 2. The first-order valence-electron chi connectivity index (χ1n) is 6.43. The van der Waals surface area contributed by atoms with Crippen LogP contribution < -0.4 is 16.2 Å². The van der Waals surface area contributed by atoms with Crippen LogP contribution in [0.25, 0.3) is 10.9 Å². The smallest absolute Gasteiger partial charge is 0.222 e. The van der Waals surface area contributed by atoms with Gasteiger partial charge >= 0.3 is 0 Å². The van der Waals surface area contributed by atoms with E-state index in [1.807, 2.05) is 0 Å². The highest BCUT2D eigenvalue weighted by molar-refractivity contribution is 5.94. The fourth-order valence-electron chi connectivity index (χ4n) is 2.11. The predicted molar refractivity (Wildman–Crippen MR) is 79.1 cm³/mol. The summed E-state index contributed by atoms with van der Waals surface area (Å²) in [7, 11) is 0. The van der Waals surface area contributed by atoms with Crippen molar-refractivity contribution in [2.45, 2.75) is 6.61 Å². The van der Waals surface area contributed by atoms with Gasteiger partial charge in [0, 0.05) is 0 Å². The molecule has 2 aromatic carbocycles. The molecule has 5 nitrogen and oxygen atoms in total. The molecule has 0 aliphatic heterocycles. The quantitative estimate of drug-likeness (QED) is 0.776. The zero-order valence-electron chi connectivity index (χ0n) is 11.4. The Labute approximate surface area is 124 Å². The van der Waals surface area contributed by atoms with Gasteiger partial charge in [-0.25, -0.2) is 13.8 Å². The number of aromatic nitrogens is 2. The minimum absolute atomic E-state index is 0.0557. The Morgan fingerprint density at radius 2 is 1.82 bits per heavy atom. The summed E-state index contributed by atoms with van der Waals surface area (Å²) < 4.78 is 31.7. The maximum atomic E-state index is 13.2. The van der Waals surface area contributed by atoms with E-state index in [1.165, 1.54) is 6.07 Å². The standard InChI is InChI=1S/C15H12F2N4O/c16-9-5-4-8(6-10(9)17)7-22-12-3-1-2-11-13(12)14(18)21-15(19)20-11/h1-6H,7H2,(H4,18,19,20,21). The average Bonchev–Trinajstić information content (AvgIpc) is 2.48. The first-order valence-corrected chi connectivity index (χ1v) is 6.43. The molecule has 112 valence electrons. The van der Waals surface area contributed by atoms with E-state index in [0.717, 1.165) is 12.1 Å². The summed E-state index contributed by atoms with van der Waals surface area (Å²) in [6, 6.07) is 8.73. The summed E-state index contributed by atoms with van der Waals surface area (Å²) >= 11 is 0. The van der Waals surface area contributed by atoms with Crippen molar-refractivity contribution in [3.8, 4) is 5.75 Å². The molecule has 4 N–H and O–H groups in total. The molecule has 3 aromatic rings. The van der Waals surface area contributed by atoms with Crippen molar-refractivity contribution in [1.29, 1.82) is 0 Å². The molecule has 3 rings (SSSR count). The summed E-state index contributed by atoms with van der Waals surface area (Å²) in [6.45, 7) is 0.0557. The molecule has 0 saturated carbocycles. The average molecular weight is 302 g/mol. The van der Waals surface area contributed by atoms with E-state index in [9.17, 15) is 8.78 Å². The molecule has 0 radical (unpaired) electrons. The molecule has 0 unspecified atom stereocenters. The van der Waals surface area contributed by atoms with E-state index >= 15 is 0 Å². The number of hydrogen-bond donors (Lipinski definition) is 2. The van der Waals surface area contributed by atoms with Gasteiger partial charge in [-0.3, -0.25) is 0 Å². The molecule has 1 aromatic heterocycles. The first kappa shape index (κ1) is 14.0. The summed E-state index contributed by atoms with van der Waals surface area (Å²) in [4.78, 5) is 7.97. The van der Waals surface area contributed by atoms with Gasteiger partial charge in [0.1, 0.15) is 18.2 Å². The Bertz CT molecular complexity index is 854.